The number of hydrogen-bond donors (Lipinski definition) is 1. The molecule has 0 saturated carbocycles. The number of carbonyl (C=O) groups excluding carboxylic acids is 2. The number of nitrogens with one attached hydrogen (secondary N) is 1. The molecule has 9 nitrogen and oxygen atoms in total. The smallest absolute Gasteiger partial charge is 0.408 e. The van der Waals surface area contributed by atoms with Gasteiger partial charge in [-0.2, -0.15) is 0 Å². The number of benzene rings is 1. The van der Waals surface area contributed by atoms with E-state index >= 15 is 0 Å². The van der Waals surface area contributed by atoms with Crippen molar-refractivity contribution in [1.29, 1.82) is 0 Å². The Labute approximate surface area is 182 Å². The number of aromatic nitrogens is 1. The monoisotopic (exact) mass is 434 g/mol. The highest BCUT2D eigenvalue weighted by molar-refractivity contribution is 5.89. The fourth-order valence-corrected chi connectivity index (χ4v) is 2.73. The number of ether oxygens (including phenoxy) is 4. The molecule has 31 heavy (non-hydrogen) atoms. The fraction of sp³-hybridized carbons (Fsp3) is 0.500. The molecule has 1 heterocycles. The summed E-state index contributed by atoms with van der Waals surface area (Å²) in [6, 6.07) is 2.83. The zero-order valence-electron chi connectivity index (χ0n) is 19.0. The predicted molar refractivity (Wildman–Crippen MR) is 113 cm³/mol. The minimum Gasteiger partial charge on any atom is -0.489 e. The molecule has 1 aromatic carbocycles. The number of carbonyl (C=O) groups is 2. The van der Waals surface area contributed by atoms with Crippen molar-refractivity contribution in [3.05, 3.63) is 35.5 Å². The first-order valence-electron chi connectivity index (χ1n) is 10.1. The largest absolute Gasteiger partial charge is 0.489 e. The van der Waals surface area contributed by atoms with Crippen LogP contribution < -0.4 is 19.5 Å². The molecule has 2 aromatic rings. The van der Waals surface area contributed by atoms with Crippen molar-refractivity contribution in [2.75, 3.05) is 13.2 Å². The number of amides is 1. The molecule has 1 amide bonds. The quantitative estimate of drug-likeness (QED) is 0.475. The molecule has 9 heteroatoms. The molecule has 0 aliphatic heterocycles. The molecule has 0 aliphatic rings. The van der Waals surface area contributed by atoms with Crippen LogP contribution in [0, 0.1) is 6.92 Å². The molecule has 0 radical (unpaired) electrons. The summed E-state index contributed by atoms with van der Waals surface area (Å²) in [5.41, 5.74) is 0.0655. The van der Waals surface area contributed by atoms with Gasteiger partial charge in [0.25, 0.3) is 0 Å². The summed E-state index contributed by atoms with van der Waals surface area (Å²) in [6.45, 7) is 13.1. The fourth-order valence-electron chi connectivity index (χ4n) is 2.73. The molecule has 2 rings (SSSR count). The molecule has 1 atom stereocenters. The van der Waals surface area contributed by atoms with Crippen LogP contribution in [0.3, 0.4) is 0 Å². The number of hydrogen-bond acceptors (Lipinski definition) is 8. The Morgan fingerprint density at radius 1 is 1.13 bits per heavy atom. The van der Waals surface area contributed by atoms with Gasteiger partial charge >= 0.3 is 12.1 Å². The molecular formula is C22H30N2O7. The van der Waals surface area contributed by atoms with E-state index in [4.69, 9.17) is 23.4 Å². The molecule has 1 N–H and O–H groups in total. The van der Waals surface area contributed by atoms with Crippen LogP contribution in [0.1, 0.15) is 69.5 Å². The van der Waals surface area contributed by atoms with E-state index in [1.54, 1.807) is 53.7 Å². The first kappa shape index (κ1) is 24.0. The number of aryl methyl sites for hydroxylation is 1. The second-order valence-corrected chi connectivity index (χ2v) is 7.69. The highest BCUT2D eigenvalue weighted by Crippen LogP contribution is 2.43. The summed E-state index contributed by atoms with van der Waals surface area (Å²) in [6.07, 6.45) is 0.667. The van der Waals surface area contributed by atoms with Crippen LogP contribution in [0.2, 0.25) is 0 Å². The van der Waals surface area contributed by atoms with Gasteiger partial charge in [0, 0.05) is 12.5 Å². The van der Waals surface area contributed by atoms with E-state index in [1.165, 1.54) is 6.26 Å². The molecule has 0 bridgehead atoms. The number of nitrogens with zero attached hydrogens (tertiary/aromatic N) is 1. The van der Waals surface area contributed by atoms with Gasteiger partial charge in [-0.15, -0.1) is 0 Å². The maximum absolute atomic E-state index is 12.4. The number of alkyl carbamates (subject to hydrolysis) is 1. The lowest BCUT2D eigenvalue weighted by molar-refractivity contribution is 0.0507. The average Bonchev–Trinajstić information content (AvgIpc) is 3.09. The van der Waals surface area contributed by atoms with Gasteiger partial charge in [0.15, 0.2) is 23.1 Å². The van der Waals surface area contributed by atoms with Crippen LogP contribution in [-0.2, 0) is 4.74 Å². The van der Waals surface area contributed by atoms with E-state index in [9.17, 15) is 9.59 Å². The molecule has 0 spiro atoms. The zero-order chi connectivity index (χ0) is 23.2. The van der Waals surface area contributed by atoms with Crippen molar-refractivity contribution in [3.8, 4) is 17.2 Å². The predicted octanol–water partition coefficient (Wildman–Crippen LogP) is 4.59. The minimum atomic E-state index is -0.687. The normalized spacial score (nSPS) is 12.1. The molecule has 0 unspecified atom stereocenters. The Morgan fingerprint density at radius 2 is 1.77 bits per heavy atom. The lowest BCUT2D eigenvalue weighted by atomic mass is 10.1. The van der Waals surface area contributed by atoms with Gasteiger partial charge in [0.05, 0.1) is 19.3 Å². The van der Waals surface area contributed by atoms with Crippen LogP contribution in [0.4, 0.5) is 4.79 Å². The van der Waals surface area contributed by atoms with E-state index in [2.05, 4.69) is 10.3 Å². The van der Waals surface area contributed by atoms with E-state index in [-0.39, 0.29) is 17.2 Å². The lowest BCUT2D eigenvalue weighted by Gasteiger charge is -2.24. The third-order valence-corrected chi connectivity index (χ3v) is 3.91. The summed E-state index contributed by atoms with van der Waals surface area (Å²) >= 11 is 0. The summed E-state index contributed by atoms with van der Waals surface area (Å²) in [4.78, 5) is 28.6. The highest BCUT2D eigenvalue weighted by Gasteiger charge is 2.25. The first-order chi connectivity index (χ1) is 14.6. The van der Waals surface area contributed by atoms with Crippen molar-refractivity contribution in [3.63, 3.8) is 0 Å². The van der Waals surface area contributed by atoms with E-state index in [1.807, 2.05) is 6.92 Å². The van der Waals surface area contributed by atoms with Gasteiger partial charge in [0.2, 0.25) is 5.75 Å². The Balaban J connectivity index is 2.36. The average molecular weight is 434 g/mol. The topological polar surface area (TPSA) is 109 Å². The van der Waals surface area contributed by atoms with Gasteiger partial charge in [-0.25, -0.2) is 14.6 Å². The molecular weight excluding hydrogens is 404 g/mol. The van der Waals surface area contributed by atoms with Gasteiger partial charge in [-0.1, -0.05) is 0 Å². The van der Waals surface area contributed by atoms with Crippen LogP contribution in [0.5, 0.6) is 17.2 Å². The maximum atomic E-state index is 12.4. The second kappa shape index (κ2) is 10.2. The van der Waals surface area contributed by atoms with Crippen LogP contribution in [0.25, 0.3) is 0 Å². The van der Waals surface area contributed by atoms with Crippen molar-refractivity contribution in [2.45, 2.75) is 60.1 Å². The van der Waals surface area contributed by atoms with Crippen LogP contribution in [0.15, 0.2) is 22.8 Å². The summed E-state index contributed by atoms with van der Waals surface area (Å²) in [5, 5.41) is 2.78. The van der Waals surface area contributed by atoms with Crippen molar-refractivity contribution in [1.82, 2.24) is 10.3 Å². The third kappa shape index (κ3) is 6.63. The molecule has 0 aliphatic carbocycles. The molecule has 0 fully saturated rings. The van der Waals surface area contributed by atoms with Gasteiger partial charge in [0.1, 0.15) is 11.9 Å². The van der Waals surface area contributed by atoms with Crippen molar-refractivity contribution in [2.24, 2.45) is 0 Å². The Bertz CT molecular complexity index is 915. The third-order valence-electron chi connectivity index (χ3n) is 3.91. The summed E-state index contributed by atoms with van der Waals surface area (Å²) in [7, 11) is 0. The molecule has 1 aromatic heterocycles. The number of oxazole rings is 1. The lowest BCUT2D eigenvalue weighted by Crippen LogP contribution is -2.34. The first-order valence-corrected chi connectivity index (χ1v) is 10.1. The Hall–Kier alpha value is -3.23. The van der Waals surface area contributed by atoms with Crippen molar-refractivity contribution < 1.29 is 33.0 Å². The van der Waals surface area contributed by atoms with Crippen LogP contribution >= 0.6 is 0 Å². The standard InChI is InChI=1S/C22H30N2O7/c1-8-27-18-15(13(3)23-21(26)31-22(5,6)7)10-11-17(19(18)28-9-2)30-20(25)16-12-29-14(4)24-16/h10-13H,8-9H2,1-7H3,(H,23,26)/t13-/m0/s1. The SMILES string of the molecule is CCOc1c(OC(=O)c2coc(C)n2)ccc([C@H](C)NC(=O)OC(C)(C)C)c1OCC. The summed E-state index contributed by atoms with van der Waals surface area (Å²) in [5.74, 6) is 0.462. The molecule has 170 valence electrons. The highest BCUT2D eigenvalue weighted by atomic mass is 16.6. The zero-order valence-corrected chi connectivity index (χ0v) is 19.0. The van der Waals surface area contributed by atoms with Gasteiger partial charge in [-0.05, 0) is 53.7 Å². The van der Waals surface area contributed by atoms with Gasteiger partial charge < -0.3 is 28.7 Å². The van der Waals surface area contributed by atoms with E-state index < -0.39 is 23.7 Å². The maximum Gasteiger partial charge on any atom is 0.408 e. The number of rotatable bonds is 8. The van der Waals surface area contributed by atoms with E-state index in [0.717, 1.165) is 0 Å². The Morgan fingerprint density at radius 3 is 2.32 bits per heavy atom. The molecule has 0 saturated heterocycles. The minimum absolute atomic E-state index is 0.0435. The van der Waals surface area contributed by atoms with Gasteiger partial charge in [-0.3, -0.25) is 0 Å². The summed E-state index contributed by atoms with van der Waals surface area (Å²) < 4.78 is 27.4. The number of esters is 1. The Kier molecular flexibility index (Phi) is 7.90. The van der Waals surface area contributed by atoms with E-state index in [0.29, 0.717) is 30.4 Å². The van der Waals surface area contributed by atoms with Crippen molar-refractivity contribution >= 4 is 12.1 Å². The van der Waals surface area contributed by atoms with Crippen LogP contribution in [-0.4, -0.2) is 35.9 Å². The second-order valence-electron chi connectivity index (χ2n) is 7.69.